The highest BCUT2D eigenvalue weighted by Crippen LogP contribution is 2.26. The largest absolute Gasteiger partial charge is 0.431 e. The molecule has 1 aromatic carbocycles. The summed E-state index contributed by atoms with van der Waals surface area (Å²) < 4.78 is 11.6. The molecule has 5 heteroatoms. The lowest BCUT2D eigenvalue weighted by atomic mass is 10.2. The van der Waals surface area contributed by atoms with E-state index in [4.69, 9.17) is 9.47 Å². The second kappa shape index (κ2) is 6.77. The van der Waals surface area contributed by atoms with Gasteiger partial charge in [-0.2, -0.15) is 0 Å². The molecular weight excluding hydrogens is 296 g/mol. The number of aromatic nitrogens is 1. The lowest BCUT2D eigenvalue weighted by molar-refractivity contribution is -0.928. The number of hydrogen-bond donors (Lipinski definition) is 1. The minimum Gasteiger partial charge on any atom is -0.431 e. The van der Waals surface area contributed by atoms with Gasteiger partial charge in [0.15, 0.2) is 0 Å². The van der Waals surface area contributed by atoms with Gasteiger partial charge in [-0.05, 0) is 32.9 Å². The summed E-state index contributed by atoms with van der Waals surface area (Å²) in [5.41, 5.74) is 1.23. The summed E-state index contributed by atoms with van der Waals surface area (Å²) in [6.45, 7) is 9.46. The Labute approximate surface area is 135 Å². The fourth-order valence-electron chi connectivity index (χ4n) is 2.91. The molecule has 1 N–H and O–H groups in total. The van der Waals surface area contributed by atoms with Crippen molar-refractivity contribution >= 4 is 11.3 Å². The minimum atomic E-state index is 0.329. The van der Waals surface area contributed by atoms with Gasteiger partial charge in [-0.1, -0.05) is 29.0 Å². The zero-order valence-corrected chi connectivity index (χ0v) is 14.2. The molecule has 1 aliphatic heterocycles. The van der Waals surface area contributed by atoms with Gasteiger partial charge < -0.3 is 14.4 Å². The molecule has 1 saturated heterocycles. The van der Waals surface area contributed by atoms with Crippen molar-refractivity contribution in [2.75, 3.05) is 13.1 Å². The Morgan fingerprint density at radius 1 is 1.23 bits per heavy atom. The maximum atomic E-state index is 5.82. The van der Waals surface area contributed by atoms with Gasteiger partial charge in [0.2, 0.25) is 0 Å². The van der Waals surface area contributed by atoms with Crippen molar-refractivity contribution in [1.29, 1.82) is 0 Å². The first kappa shape index (κ1) is 15.5. The predicted molar refractivity (Wildman–Crippen MR) is 87.8 cm³/mol. The summed E-state index contributed by atoms with van der Waals surface area (Å²) in [5, 5.41) is 0.715. The molecule has 118 valence electrons. The third-order valence-electron chi connectivity index (χ3n) is 3.80. The lowest BCUT2D eigenvalue weighted by Crippen LogP contribution is -3.14. The van der Waals surface area contributed by atoms with Crippen LogP contribution in [0.15, 0.2) is 30.5 Å². The molecule has 0 spiro atoms. The smallest absolute Gasteiger partial charge is 0.279 e. The number of morpholine rings is 1. The number of quaternary nitrogens is 1. The first-order chi connectivity index (χ1) is 10.6. The number of ether oxygens (including phenoxy) is 2. The molecule has 1 aliphatic rings. The van der Waals surface area contributed by atoms with Crippen molar-refractivity contribution in [2.24, 2.45) is 0 Å². The third kappa shape index (κ3) is 4.06. The topological polar surface area (TPSA) is 35.8 Å². The number of nitrogens with zero attached hydrogens (tertiary/aromatic N) is 1. The van der Waals surface area contributed by atoms with Crippen LogP contribution in [-0.4, -0.2) is 30.3 Å². The highest BCUT2D eigenvalue weighted by Gasteiger charge is 2.26. The molecule has 4 nitrogen and oxygen atoms in total. The lowest BCUT2D eigenvalue weighted by Gasteiger charge is -2.32. The van der Waals surface area contributed by atoms with Crippen molar-refractivity contribution in [3.63, 3.8) is 0 Å². The van der Waals surface area contributed by atoms with Crippen molar-refractivity contribution in [3.8, 4) is 10.9 Å². The average molecular weight is 319 g/mol. The Morgan fingerprint density at radius 2 is 1.91 bits per heavy atom. The number of thiazole rings is 1. The fourth-order valence-corrected chi connectivity index (χ4v) is 3.75. The van der Waals surface area contributed by atoms with E-state index < -0.39 is 0 Å². The molecule has 2 heterocycles. The number of rotatable bonds is 4. The molecule has 0 saturated carbocycles. The van der Waals surface area contributed by atoms with Crippen molar-refractivity contribution in [1.82, 2.24) is 4.98 Å². The summed E-state index contributed by atoms with van der Waals surface area (Å²) >= 11 is 1.63. The van der Waals surface area contributed by atoms with Crippen molar-refractivity contribution in [3.05, 3.63) is 40.9 Å². The van der Waals surface area contributed by atoms with E-state index in [9.17, 15) is 0 Å². The molecule has 22 heavy (non-hydrogen) atoms. The summed E-state index contributed by atoms with van der Waals surface area (Å²) in [4.78, 5) is 7.20. The second-order valence-electron chi connectivity index (χ2n) is 6.10. The van der Waals surface area contributed by atoms with Gasteiger partial charge >= 0.3 is 0 Å². The van der Waals surface area contributed by atoms with Crippen LogP contribution < -0.4 is 9.64 Å². The van der Waals surface area contributed by atoms with Gasteiger partial charge in [-0.3, -0.25) is 0 Å². The molecule has 1 aromatic heterocycles. The molecule has 1 unspecified atom stereocenters. The number of aryl methyl sites for hydroxylation is 1. The van der Waals surface area contributed by atoms with E-state index in [0.717, 1.165) is 25.4 Å². The van der Waals surface area contributed by atoms with Crippen LogP contribution in [0.4, 0.5) is 0 Å². The van der Waals surface area contributed by atoms with Crippen molar-refractivity contribution < 1.29 is 14.4 Å². The highest BCUT2D eigenvalue weighted by molar-refractivity contribution is 7.13. The monoisotopic (exact) mass is 319 g/mol. The Hall–Kier alpha value is -1.43. The van der Waals surface area contributed by atoms with Crippen LogP contribution in [0, 0.1) is 6.92 Å². The Bertz CT molecular complexity index is 601. The summed E-state index contributed by atoms with van der Waals surface area (Å²) in [7, 11) is 0. The number of hydrogen-bond acceptors (Lipinski definition) is 4. The Balaban J connectivity index is 1.60. The molecule has 0 aliphatic carbocycles. The van der Waals surface area contributed by atoms with Gasteiger partial charge in [0.05, 0.1) is 11.1 Å². The van der Waals surface area contributed by atoms with Crippen molar-refractivity contribution in [2.45, 2.75) is 39.5 Å². The molecule has 1 fully saturated rings. The third-order valence-corrected chi connectivity index (χ3v) is 4.67. The van der Waals surface area contributed by atoms with E-state index in [-0.39, 0.29) is 0 Å². The van der Waals surface area contributed by atoms with E-state index in [1.165, 1.54) is 10.4 Å². The first-order valence-electron chi connectivity index (χ1n) is 7.77. The normalized spacial score (nSPS) is 25.1. The summed E-state index contributed by atoms with van der Waals surface area (Å²) in [5.74, 6) is 0.840. The Kier molecular flexibility index (Phi) is 4.76. The van der Waals surface area contributed by atoms with Gasteiger partial charge in [-0.25, -0.2) is 4.98 Å². The molecule has 3 atom stereocenters. The van der Waals surface area contributed by atoms with Crippen LogP contribution in [0.2, 0.25) is 0 Å². The molecular formula is C17H23N2O2S+. The van der Waals surface area contributed by atoms with Gasteiger partial charge in [0, 0.05) is 0 Å². The van der Waals surface area contributed by atoms with Gasteiger partial charge in [-0.15, -0.1) is 0 Å². The predicted octanol–water partition coefficient (Wildman–Crippen LogP) is 2.44. The SMILES string of the molecule is Cc1ccc(Oc2ncc(C[NH+]3C[C@@H](C)O[C@@H](C)C3)s2)cc1. The fraction of sp³-hybridized carbons (Fsp3) is 0.471. The second-order valence-corrected chi connectivity index (χ2v) is 7.18. The number of benzene rings is 1. The van der Waals surface area contributed by atoms with Crippen LogP contribution >= 0.6 is 11.3 Å². The van der Waals surface area contributed by atoms with E-state index in [2.05, 4.69) is 25.8 Å². The summed E-state index contributed by atoms with van der Waals surface area (Å²) in [6.07, 6.45) is 2.59. The number of nitrogens with one attached hydrogen (secondary N) is 1. The van der Waals surface area contributed by atoms with Crippen LogP contribution in [-0.2, 0) is 11.3 Å². The van der Waals surface area contributed by atoms with Crippen LogP contribution in [0.3, 0.4) is 0 Å². The quantitative estimate of drug-likeness (QED) is 0.940. The van der Waals surface area contributed by atoms with Gasteiger partial charge in [0.1, 0.15) is 37.6 Å². The van der Waals surface area contributed by atoms with E-state index in [0.29, 0.717) is 17.4 Å². The van der Waals surface area contributed by atoms with E-state index in [1.807, 2.05) is 30.5 Å². The van der Waals surface area contributed by atoms with Gasteiger partial charge in [0.25, 0.3) is 5.19 Å². The minimum absolute atomic E-state index is 0.329. The van der Waals surface area contributed by atoms with E-state index in [1.54, 1.807) is 16.2 Å². The molecule has 0 bridgehead atoms. The van der Waals surface area contributed by atoms with Crippen LogP contribution in [0.25, 0.3) is 0 Å². The molecule has 0 radical (unpaired) electrons. The zero-order valence-electron chi connectivity index (χ0n) is 13.3. The van der Waals surface area contributed by atoms with E-state index >= 15 is 0 Å². The first-order valence-corrected chi connectivity index (χ1v) is 8.58. The maximum absolute atomic E-state index is 5.82. The highest BCUT2D eigenvalue weighted by atomic mass is 32.1. The standard InChI is InChI=1S/C17H22N2O2S/c1-12-4-6-15(7-5-12)21-17-18-8-16(22-17)11-19-9-13(2)20-14(3)10-19/h4-8,13-14H,9-11H2,1-3H3/p+1/t13-,14+. The molecule has 0 amide bonds. The zero-order chi connectivity index (χ0) is 15.5. The summed E-state index contributed by atoms with van der Waals surface area (Å²) in [6, 6.07) is 8.05. The maximum Gasteiger partial charge on any atom is 0.279 e. The van der Waals surface area contributed by atoms with Crippen LogP contribution in [0.1, 0.15) is 24.3 Å². The molecule has 3 rings (SSSR count). The Morgan fingerprint density at radius 3 is 2.59 bits per heavy atom. The average Bonchev–Trinajstić information content (AvgIpc) is 2.87. The van der Waals surface area contributed by atoms with Crippen LogP contribution in [0.5, 0.6) is 10.9 Å². The molecule has 2 aromatic rings.